The van der Waals surface area contributed by atoms with E-state index in [0.29, 0.717) is 11.1 Å². The summed E-state index contributed by atoms with van der Waals surface area (Å²) in [4.78, 5) is 10.4. The van der Waals surface area contributed by atoms with Gasteiger partial charge in [-0.15, -0.1) is 0 Å². The number of hydrogen-bond donors (Lipinski definition) is 1. The molecule has 0 aliphatic carbocycles. The van der Waals surface area contributed by atoms with E-state index < -0.39 is 16.6 Å². The molecule has 0 aliphatic rings. The van der Waals surface area contributed by atoms with Crippen LogP contribution in [0.2, 0.25) is 0 Å². The van der Waals surface area contributed by atoms with Crippen molar-refractivity contribution in [2.45, 2.75) is 13.5 Å². The Morgan fingerprint density at radius 1 is 1.20 bits per heavy atom. The third-order valence-electron chi connectivity index (χ3n) is 3.03. The average Bonchev–Trinajstić information content (AvgIpc) is 2.41. The Labute approximate surface area is 114 Å². The molecule has 2 aromatic rings. The van der Waals surface area contributed by atoms with Crippen LogP contribution in [0.25, 0.3) is 0 Å². The van der Waals surface area contributed by atoms with E-state index in [1.165, 1.54) is 18.2 Å². The van der Waals surface area contributed by atoms with Gasteiger partial charge in [-0.2, -0.15) is 0 Å². The van der Waals surface area contributed by atoms with Crippen LogP contribution < -0.4 is 5.32 Å². The minimum absolute atomic E-state index is 0.00372. The molecular weight excluding hydrogens is 266 g/mol. The Bertz CT molecular complexity index is 660. The van der Waals surface area contributed by atoms with Crippen LogP contribution in [-0.2, 0) is 6.54 Å². The highest BCUT2D eigenvalue weighted by molar-refractivity contribution is 5.49. The molecule has 2 rings (SSSR count). The Morgan fingerprint density at radius 2 is 1.90 bits per heavy atom. The summed E-state index contributed by atoms with van der Waals surface area (Å²) in [6, 6.07) is 8.49. The van der Waals surface area contributed by atoms with E-state index in [0.717, 1.165) is 6.07 Å². The molecule has 0 heterocycles. The van der Waals surface area contributed by atoms with Gasteiger partial charge >= 0.3 is 0 Å². The Morgan fingerprint density at radius 3 is 2.60 bits per heavy atom. The summed E-state index contributed by atoms with van der Waals surface area (Å²) in [5, 5.41) is 13.6. The molecule has 0 radical (unpaired) electrons. The van der Waals surface area contributed by atoms with Gasteiger partial charge in [-0.1, -0.05) is 18.2 Å². The zero-order valence-electron chi connectivity index (χ0n) is 10.7. The molecule has 4 nitrogen and oxygen atoms in total. The lowest BCUT2D eigenvalue weighted by Gasteiger charge is -2.10. The Balaban J connectivity index is 2.21. The number of nitrogens with zero attached hydrogens (tertiary/aromatic N) is 1. The summed E-state index contributed by atoms with van der Waals surface area (Å²) < 4.78 is 26.5. The number of anilines is 1. The fraction of sp³-hybridized carbons (Fsp3) is 0.143. The van der Waals surface area contributed by atoms with Crippen LogP contribution >= 0.6 is 0 Å². The zero-order chi connectivity index (χ0) is 14.7. The topological polar surface area (TPSA) is 55.2 Å². The predicted molar refractivity (Wildman–Crippen MR) is 71.5 cm³/mol. The lowest BCUT2D eigenvalue weighted by molar-refractivity contribution is -0.385. The van der Waals surface area contributed by atoms with Crippen molar-refractivity contribution in [3.8, 4) is 0 Å². The third-order valence-corrected chi connectivity index (χ3v) is 3.03. The second kappa shape index (κ2) is 5.64. The number of nitro benzene ring substituents is 1. The van der Waals surface area contributed by atoms with Crippen molar-refractivity contribution in [2.75, 3.05) is 5.32 Å². The predicted octanol–water partition coefficient (Wildman–Crippen LogP) is 3.79. The molecule has 0 fully saturated rings. The van der Waals surface area contributed by atoms with Gasteiger partial charge in [0, 0.05) is 18.2 Å². The lowest BCUT2D eigenvalue weighted by Crippen LogP contribution is -2.05. The number of nitro groups is 1. The minimum Gasteiger partial charge on any atom is -0.378 e. The van der Waals surface area contributed by atoms with E-state index in [2.05, 4.69) is 5.32 Å². The summed E-state index contributed by atoms with van der Waals surface area (Å²) in [5.74, 6) is -1.90. The molecule has 0 saturated heterocycles. The van der Waals surface area contributed by atoms with Crippen molar-refractivity contribution in [1.82, 2.24) is 0 Å². The monoisotopic (exact) mass is 278 g/mol. The molecule has 104 valence electrons. The molecule has 2 aromatic carbocycles. The first-order valence-corrected chi connectivity index (χ1v) is 5.91. The number of halogens is 2. The summed E-state index contributed by atoms with van der Waals surface area (Å²) >= 11 is 0. The quantitative estimate of drug-likeness (QED) is 0.683. The zero-order valence-corrected chi connectivity index (χ0v) is 10.7. The van der Waals surface area contributed by atoms with E-state index in [4.69, 9.17) is 0 Å². The maximum absolute atomic E-state index is 13.5. The van der Waals surface area contributed by atoms with E-state index in [1.54, 1.807) is 19.1 Å². The smallest absolute Gasteiger partial charge is 0.272 e. The van der Waals surface area contributed by atoms with Crippen molar-refractivity contribution in [1.29, 1.82) is 0 Å². The third kappa shape index (κ3) is 2.74. The van der Waals surface area contributed by atoms with Gasteiger partial charge in [-0.05, 0) is 24.6 Å². The number of nitrogens with one attached hydrogen (secondary N) is 1. The summed E-state index contributed by atoms with van der Waals surface area (Å²) in [6.07, 6.45) is 0. The van der Waals surface area contributed by atoms with Gasteiger partial charge in [0.25, 0.3) is 5.69 Å². The van der Waals surface area contributed by atoms with Gasteiger partial charge < -0.3 is 5.32 Å². The minimum atomic E-state index is -0.962. The van der Waals surface area contributed by atoms with E-state index in [1.807, 2.05) is 0 Å². The summed E-state index contributed by atoms with van der Waals surface area (Å²) in [5.41, 5.74) is 1.18. The second-order valence-corrected chi connectivity index (χ2v) is 4.27. The highest BCUT2D eigenvalue weighted by Crippen LogP contribution is 2.23. The summed E-state index contributed by atoms with van der Waals surface area (Å²) in [6.45, 7) is 1.80. The standard InChI is InChI=1S/C14H12F2N2O2/c1-9-10(4-2-7-13(9)18(19)20)8-17-12-6-3-5-11(15)14(12)16/h2-7,17H,8H2,1H3. The second-order valence-electron chi connectivity index (χ2n) is 4.27. The molecule has 0 spiro atoms. The van der Waals surface area contributed by atoms with Gasteiger partial charge in [0.05, 0.1) is 10.6 Å². The molecule has 20 heavy (non-hydrogen) atoms. The van der Waals surface area contributed by atoms with Crippen molar-refractivity contribution in [2.24, 2.45) is 0 Å². The molecule has 1 N–H and O–H groups in total. The number of hydrogen-bond acceptors (Lipinski definition) is 3. The van der Waals surface area contributed by atoms with Crippen LogP contribution in [0.15, 0.2) is 36.4 Å². The highest BCUT2D eigenvalue weighted by Gasteiger charge is 2.13. The van der Waals surface area contributed by atoms with Crippen LogP contribution in [0.4, 0.5) is 20.2 Å². The van der Waals surface area contributed by atoms with Crippen LogP contribution in [0, 0.1) is 28.7 Å². The molecule has 0 aliphatic heterocycles. The van der Waals surface area contributed by atoms with Crippen LogP contribution in [0.3, 0.4) is 0 Å². The molecule has 0 bridgehead atoms. The first-order chi connectivity index (χ1) is 9.50. The largest absolute Gasteiger partial charge is 0.378 e. The van der Waals surface area contributed by atoms with Crippen molar-refractivity contribution in [3.63, 3.8) is 0 Å². The maximum atomic E-state index is 13.5. The van der Waals surface area contributed by atoms with Gasteiger partial charge in [-0.25, -0.2) is 8.78 Å². The first kappa shape index (κ1) is 13.9. The molecular formula is C14H12F2N2O2. The van der Waals surface area contributed by atoms with Crippen LogP contribution in [0.1, 0.15) is 11.1 Å². The summed E-state index contributed by atoms with van der Waals surface area (Å²) in [7, 11) is 0. The maximum Gasteiger partial charge on any atom is 0.272 e. The van der Waals surface area contributed by atoms with E-state index in [-0.39, 0.29) is 17.9 Å². The van der Waals surface area contributed by atoms with Crippen molar-refractivity contribution >= 4 is 11.4 Å². The molecule has 0 atom stereocenters. The van der Waals surface area contributed by atoms with Crippen molar-refractivity contribution < 1.29 is 13.7 Å². The normalized spacial score (nSPS) is 10.3. The molecule has 0 unspecified atom stereocenters. The van der Waals surface area contributed by atoms with Gasteiger partial charge in [-0.3, -0.25) is 10.1 Å². The van der Waals surface area contributed by atoms with Crippen LogP contribution in [-0.4, -0.2) is 4.92 Å². The molecule has 6 heteroatoms. The molecule has 0 amide bonds. The molecule has 0 aromatic heterocycles. The van der Waals surface area contributed by atoms with Gasteiger partial charge in [0.15, 0.2) is 11.6 Å². The molecule has 0 saturated carbocycles. The first-order valence-electron chi connectivity index (χ1n) is 5.91. The Kier molecular flexibility index (Phi) is 3.93. The van der Waals surface area contributed by atoms with Gasteiger partial charge in [0.1, 0.15) is 0 Å². The van der Waals surface area contributed by atoms with Crippen molar-refractivity contribution in [3.05, 3.63) is 69.3 Å². The number of benzene rings is 2. The lowest BCUT2D eigenvalue weighted by atomic mass is 10.1. The van der Waals surface area contributed by atoms with E-state index >= 15 is 0 Å². The van der Waals surface area contributed by atoms with E-state index in [9.17, 15) is 18.9 Å². The fourth-order valence-electron chi connectivity index (χ4n) is 1.89. The fourth-order valence-corrected chi connectivity index (χ4v) is 1.89. The average molecular weight is 278 g/mol. The Hall–Kier alpha value is -2.50. The highest BCUT2D eigenvalue weighted by atomic mass is 19.2. The van der Waals surface area contributed by atoms with Gasteiger partial charge in [0.2, 0.25) is 0 Å². The van der Waals surface area contributed by atoms with Crippen LogP contribution in [0.5, 0.6) is 0 Å². The SMILES string of the molecule is Cc1c(CNc2cccc(F)c2F)cccc1[N+](=O)[O-]. The number of rotatable bonds is 4.